The van der Waals surface area contributed by atoms with Crippen LogP contribution in [0.1, 0.15) is 25.0 Å². The SMILES string of the molecule is Cc1ccccc1C[NH+]1CC[NH+](CC(=O)N(C)C(C)(C)C#N)CC1. The normalized spacial score (nSPS) is 21.1. The van der Waals surface area contributed by atoms with E-state index in [1.54, 1.807) is 30.7 Å². The summed E-state index contributed by atoms with van der Waals surface area (Å²) in [6.07, 6.45) is 0. The highest BCUT2D eigenvalue weighted by Crippen LogP contribution is 2.09. The van der Waals surface area contributed by atoms with Crippen molar-refractivity contribution in [2.24, 2.45) is 0 Å². The summed E-state index contributed by atoms with van der Waals surface area (Å²) in [5.74, 6) is 0.0545. The largest absolute Gasteiger partial charge is 0.323 e. The van der Waals surface area contributed by atoms with Crippen molar-refractivity contribution >= 4 is 5.91 Å². The highest BCUT2D eigenvalue weighted by Gasteiger charge is 2.31. The Morgan fingerprint density at radius 2 is 1.79 bits per heavy atom. The molecule has 0 spiro atoms. The number of benzene rings is 1. The zero-order valence-corrected chi connectivity index (χ0v) is 15.4. The summed E-state index contributed by atoms with van der Waals surface area (Å²) >= 11 is 0. The lowest BCUT2D eigenvalue weighted by Crippen LogP contribution is -3.28. The molecule has 0 aliphatic carbocycles. The topological polar surface area (TPSA) is 53.0 Å². The number of rotatable bonds is 5. The first-order valence-corrected chi connectivity index (χ1v) is 8.73. The Labute approximate surface area is 145 Å². The Morgan fingerprint density at radius 1 is 1.21 bits per heavy atom. The first-order valence-electron chi connectivity index (χ1n) is 8.73. The van der Waals surface area contributed by atoms with E-state index in [2.05, 4.69) is 37.3 Å². The van der Waals surface area contributed by atoms with E-state index in [1.165, 1.54) is 16.0 Å². The zero-order valence-electron chi connectivity index (χ0n) is 15.4. The summed E-state index contributed by atoms with van der Waals surface area (Å²) in [5, 5.41) is 9.16. The van der Waals surface area contributed by atoms with Gasteiger partial charge in [0.2, 0.25) is 0 Å². The van der Waals surface area contributed by atoms with Crippen LogP contribution in [0, 0.1) is 18.3 Å². The number of nitriles is 1. The van der Waals surface area contributed by atoms with E-state index in [0.29, 0.717) is 6.54 Å². The van der Waals surface area contributed by atoms with E-state index in [-0.39, 0.29) is 5.91 Å². The van der Waals surface area contributed by atoms with E-state index < -0.39 is 5.54 Å². The van der Waals surface area contributed by atoms with E-state index in [4.69, 9.17) is 5.26 Å². The van der Waals surface area contributed by atoms with Crippen molar-refractivity contribution in [1.82, 2.24) is 4.90 Å². The van der Waals surface area contributed by atoms with Gasteiger partial charge < -0.3 is 14.7 Å². The summed E-state index contributed by atoms with van der Waals surface area (Å²) < 4.78 is 0. The molecule has 1 aliphatic rings. The van der Waals surface area contributed by atoms with Gasteiger partial charge in [-0.25, -0.2) is 0 Å². The van der Waals surface area contributed by atoms with Gasteiger partial charge in [-0.2, -0.15) is 5.26 Å². The average molecular weight is 330 g/mol. The second-order valence-corrected chi connectivity index (χ2v) is 7.40. The van der Waals surface area contributed by atoms with Crippen molar-refractivity contribution in [1.29, 1.82) is 5.26 Å². The molecule has 1 aromatic rings. The molecule has 0 aromatic heterocycles. The lowest BCUT2D eigenvalue weighted by atomic mass is 10.1. The minimum absolute atomic E-state index is 0.0545. The van der Waals surface area contributed by atoms with Gasteiger partial charge in [-0.05, 0) is 26.3 Å². The number of likely N-dealkylation sites (N-methyl/N-ethyl adjacent to an activating group) is 1. The molecule has 0 saturated carbocycles. The molecule has 0 bridgehead atoms. The standard InChI is InChI=1S/C19H28N4O/c1-16-7-5-6-8-17(16)13-22-9-11-23(12-10-22)14-18(24)21(4)19(2,3)15-20/h5-8H,9-14H2,1-4H3/p+2. The minimum atomic E-state index is -0.742. The van der Waals surface area contributed by atoms with Crippen LogP contribution < -0.4 is 9.80 Å². The van der Waals surface area contributed by atoms with Crippen LogP contribution >= 0.6 is 0 Å². The molecule has 24 heavy (non-hydrogen) atoms. The molecule has 5 heteroatoms. The number of nitrogens with zero attached hydrogens (tertiary/aromatic N) is 2. The number of hydrogen-bond acceptors (Lipinski definition) is 2. The van der Waals surface area contributed by atoms with Crippen molar-refractivity contribution in [2.45, 2.75) is 32.9 Å². The predicted molar refractivity (Wildman–Crippen MR) is 93.6 cm³/mol. The molecule has 1 saturated heterocycles. The number of quaternary nitrogens is 2. The first-order chi connectivity index (χ1) is 11.3. The van der Waals surface area contributed by atoms with E-state index in [1.807, 2.05) is 0 Å². The number of piperazine rings is 1. The number of amides is 1. The Balaban J connectivity index is 1.82. The summed E-state index contributed by atoms with van der Waals surface area (Å²) in [7, 11) is 1.73. The second kappa shape index (κ2) is 7.78. The van der Waals surface area contributed by atoms with Crippen LogP contribution in [0.5, 0.6) is 0 Å². The van der Waals surface area contributed by atoms with Crippen molar-refractivity contribution in [2.75, 3.05) is 39.8 Å². The quantitative estimate of drug-likeness (QED) is 0.731. The van der Waals surface area contributed by atoms with Crippen LogP contribution in [0.2, 0.25) is 0 Å². The zero-order chi connectivity index (χ0) is 17.7. The van der Waals surface area contributed by atoms with Gasteiger partial charge in [0.15, 0.2) is 6.54 Å². The van der Waals surface area contributed by atoms with Gasteiger partial charge in [0.1, 0.15) is 38.3 Å². The van der Waals surface area contributed by atoms with Crippen LogP contribution in [0.15, 0.2) is 24.3 Å². The van der Waals surface area contributed by atoms with Gasteiger partial charge in [0.25, 0.3) is 5.91 Å². The Hall–Kier alpha value is -1.90. The van der Waals surface area contributed by atoms with Gasteiger partial charge >= 0.3 is 0 Å². The summed E-state index contributed by atoms with van der Waals surface area (Å²) in [6.45, 7) is 11.5. The van der Waals surface area contributed by atoms with Crippen molar-refractivity contribution in [3.63, 3.8) is 0 Å². The summed E-state index contributed by atoms with van der Waals surface area (Å²) in [5.41, 5.74) is 2.03. The third-order valence-corrected chi connectivity index (χ3v) is 5.25. The minimum Gasteiger partial charge on any atom is -0.323 e. The molecule has 2 rings (SSSR count). The Kier molecular flexibility index (Phi) is 5.98. The lowest BCUT2D eigenvalue weighted by Gasteiger charge is -2.33. The first kappa shape index (κ1) is 18.4. The third kappa shape index (κ3) is 4.56. The molecule has 0 radical (unpaired) electrons. The highest BCUT2D eigenvalue weighted by molar-refractivity contribution is 5.78. The molecular weight excluding hydrogens is 300 g/mol. The molecule has 1 heterocycles. The maximum absolute atomic E-state index is 12.4. The van der Waals surface area contributed by atoms with E-state index in [0.717, 1.165) is 32.7 Å². The van der Waals surface area contributed by atoms with Gasteiger partial charge in [-0.1, -0.05) is 24.3 Å². The molecule has 2 N–H and O–H groups in total. The molecule has 0 atom stereocenters. The molecule has 1 amide bonds. The van der Waals surface area contributed by atoms with Gasteiger partial charge in [0.05, 0.1) is 6.07 Å². The fourth-order valence-electron chi connectivity index (χ4n) is 3.11. The number of nitrogens with one attached hydrogen (secondary N) is 2. The number of carbonyl (C=O) groups is 1. The van der Waals surface area contributed by atoms with Crippen molar-refractivity contribution < 1.29 is 14.6 Å². The summed E-state index contributed by atoms with van der Waals surface area (Å²) in [6, 6.07) is 10.8. The maximum Gasteiger partial charge on any atom is 0.278 e. The molecule has 1 aromatic carbocycles. The molecule has 130 valence electrons. The fourth-order valence-corrected chi connectivity index (χ4v) is 3.11. The lowest BCUT2D eigenvalue weighted by molar-refractivity contribution is -1.02. The van der Waals surface area contributed by atoms with Crippen LogP contribution in [-0.2, 0) is 11.3 Å². The van der Waals surface area contributed by atoms with Gasteiger partial charge in [-0.3, -0.25) is 4.79 Å². The number of aryl methyl sites for hydroxylation is 1. The monoisotopic (exact) mass is 330 g/mol. The Morgan fingerprint density at radius 3 is 2.38 bits per heavy atom. The van der Waals surface area contributed by atoms with Gasteiger partial charge in [-0.15, -0.1) is 0 Å². The van der Waals surface area contributed by atoms with Crippen LogP contribution in [-0.4, -0.2) is 56.1 Å². The van der Waals surface area contributed by atoms with Crippen molar-refractivity contribution in [3.8, 4) is 6.07 Å². The molecular formula is C19H30N4O+2. The van der Waals surface area contributed by atoms with E-state index >= 15 is 0 Å². The fraction of sp³-hybridized carbons (Fsp3) is 0.579. The van der Waals surface area contributed by atoms with Crippen LogP contribution in [0.25, 0.3) is 0 Å². The van der Waals surface area contributed by atoms with Crippen LogP contribution in [0.4, 0.5) is 0 Å². The summed E-state index contributed by atoms with van der Waals surface area (Å²) in [4.78, 5) is 16.9. The highest BCUT2D eigenvalue weighted by atomic mass is 16.2. The van der Waals surface area contributed by atoms with E-state index in [9.17, 15) is 4.79 Å². The van der Waals surface area contributed by atoms with Gasteiger partial charge in [0, 0.05) is 12.6 Å². The molecule has 1 aliphatic heterocycles. The molecule has 5 nitrogen and oxygen atoms in total. The number of carbonyl (C=O) groups excluding carboxylic acids is 1. The second-order valence-electron chi connectivity index (χ2n) is 7.40. The number of hydrogen-bond donors (Lipinski definition) is 2. The molecule has 1 fully saturated rings. The smallest absolute Gasteiger partial charge is 0.278 e. The average Bonchev–Trinajstić information content (AvgIpc) is 2.58. The van der Waals surface area contributed by atoms with Crippen molar-refractivity contribution in [3.05, 3.63) is 35.4 Å². The third-order valence-electron chi connectivity index (χ3n) is 5.25. The van der Waals surface area contributed by atoms with Crippen LogP contribution in [0.3, 0.4) is 0 Å². The predicted octanol–water partition coefficient (Wildman–Crippen LogP) is -0.961. The maximum atomic E-state index is 12.4. The molecule has 0 unspecified atom stereocenters. The Bertz CT molecular complexity index is 612.